The Morgan fingerprint density at radius 1 is 1.20 bits per heavy atom. The molecule has 0 radical (unpaired) electrons. The standard InChI is InChI=1S/C19H23N3O3/c1-12(2)9-17-18(24-3)21-16(19(25-4)22(17)23)10-13-11-20-15-8-6-5-7-14(13)15/h5-8,11-12,20H,9-10H2,1-4H3. The molecular weight excluding hydrogens is 318 g/mol. The van der Waals surface area contributed by atoms with Gasteiger partial charge in [-0.05, 0) is 17.5 Å². The number of methoxy groups -OCH3 is 2. The van der Waals surface area contributed by atoms with Gasteiger partial charge < -0.3 is 19.7 Å². The Hall–Kier alpha value is -2.76. The fraction of sp³-hybridized carbons (Fsp3) is 0.368. The molecule has 6 nitrogen and oxygen atoms in total. The lowest BCUT2D eigenvalue weighted by Crippen LogP contribution is -2.37. The average Bonchev–Trinajstić information content (AvgIpc) is 3.00. The van der Waals surface area contributed by atoms with Crippen LogP contribution in [0.5, 0.6) is 11.8 Å². The molecule has 0 bridgehead atoms. The van der Waals surface area contributed by atoms with Gasteiger partial charge in [-0.3, -0.25) is 0 Å². The Kier molecular flexibility index (Phi) is 4.79. The van der Waals surface area contributed by atoms with E-state index < -0.39 is 0 Å². The van der Waals surface area contributed by atoms with E-state index in [9.17, 15) is 5.21 Å². The van der Waals surface area contributed by atoms with Crippen LogP contribution in [0.1, 0.15) is 30.8 Å². The van der Waals surface area contributed by atoms with Crippen molar-refractivity contribution in [2.75, 3.05) is 14.2 Å². The van der Waals surface area contributed by atoms with Gasteiger partial charge in [-0.2, -0.15) is 0 Å². The Bertz CT molecular complexity index is 887. The van der Waals surface area contributed by atoms with Crippen LogP contribution in [0, 0.1) is 11.1 Å². The SMILES string of the molecule is COc1nc(Cc2c[nH]c3ccccc23)c(OC)[n+]([O-])c1CC(C)C. The number of rotatable bonds is 6. The highest BCUT2D eigenvalue weighted by Crippen LogP contribution is 2.26. The number of benzene rings is 1. The van der Waals surface area contributed by atoms with Gasteiger partial charge >= 0.3 is 5.88 Å². The molecule has 0 saturated heterocycles. The normalized spacial score (nSPS) is 11.2. The molecule has 6 heteroatoms. The van der Waals surface area contributed by atoms with Gasteiger partial charge in [0.1, 0.15) is 0 Å². The molecule has 1 N–H and O–H groups in total. The molecule has 2 heterocycles. The van der Waals surface area contributed by atoms with Crippen LogP contribution < -0.4 is 14.2 Å². The van der Waals surface area contributed by atoms with Crippen molar-refractivity contribution in [3.63, 3.8) is 0 Å². The van der Waals surface area contributed by atoms with Crippen molar-refractivity contribution in [2.45, 2.75) is 26.7 Å². The number of ether oxygens (including phenoxy) is 2. The quantitative estimate of drug-likeness (QED) is 0.552. The Morgan fingerprint density at radius 3 is 2.64 bits per heavy atom. The minimum atomic E-state index is 0.224. The van der Waals surface area contributed by atoms with E-state index in [0.29, 0.717) is 36.0 Å². The maximum atomic E-state index is 12.8. The number of H-pyrrole nitrogens is 1. The van der Waals surface area contributed by atoms with Crippen molar-refractivity contribution in [3.05, 3.63) is 52.6 Å². The summed E-state index contributed by atoms with van der Waals surface area (Å²) in [6, 6.07) is 8.04. The lowest BCUT2D eigenvalue weighted by atomic mass is 10.1. The van der Waals surface area contributed by atoms with Crippen LogP contribution in [0.25, 0.3) is 10.9 Å². The Labute approximate surface area is 147 Å². The molecule has 0 aliphatic carbocycles. The molecule has 0 fully saturated rings. The summed E-state index contributed by atoms with van der Waals surface area (Å²) in [6.45, 7) is 4.09. The molecule has 1 aromatic carbocycles. The largest absolute Gasteiger partial charge is 0.616 e. The van der Waals surface area contributed by atoms with Crippen LogP contribution in [-0.2, 0) is 12.8 Å². The number of nitrogens with one attached hydrogen (secondary N) is 1. The molecule has 0 spiro atoms. The van der Waals surface area contributed by atoms with E-state index >= 15 is 0 Å². The summed E-state index contributed by atoms with van der Waals surface area (Å²) in [5.74, 6) is 0.890. The number of hydrogen-bond acceptors (Lipinski definition) is 4. The first-order valence-electron chi connectivity index (χ1n) is 8.33. The predicted molar refractivity (Wildman–Crippen MR) is 95.9 cm³/mol. The van der Waals surface area contributed by atoms with Crippen molar-refractivity contribution >= 4 is 10.9 Å². The summed E-state index contributed by atoms with van der Waals surface area (Å²) in [4.78, 5) is 7.82. The monoisotopic (exact) mass is 341 g/mol. The zero-order chi connectivity index (χ0) is 18.0. The average molecular weight is 341 g/mol. The van der Waals surface area contributed by atoms with Gasteiger partial charge in [0.05, 0.1) is 14.2 Å². The molecule has 0 amide bonds. The third-order valence-corrected chi connectivity index (χ3v) is 4.18. The van der Waals surface area contributed by atoms with Crippen LogP contribution in [0.2, 0.25) is 0 Å². The van der Waals surface area contributed by atoms with Gasteiger partial charge in [0.15, 0.2) is 5.69 Å². The highest BCUT2D eigenvalue weighted by molar-refractivity contribution is 5.83. The highest BCUT2D eigenvalue weighted by atomic mass is 16.5. The Morgan fingerprint density at radius 2 is 1.96 bits per heavy atom. The first kappa shape index (κ1) is 17.1. The number of hydrogen-bond donors (Lipinski definition) is 1. The van der Waals surface area contributed by atoms with Gasteiger partial charge in [-0.15, -0.1) is 4.73 Å². The second kappa shape index (κ2) is 7.01. The van der Waals surface area contributed by atoms with E-state index in [-0.39, 0.29) is 5.88 Å². The van der Waals surface area contributed by atoms with Gasteiger partial charge in [0.2, 0.25) is 0 Å². The lowest BCUT2D eigenvalue weighted by Gasteiger charge is -2.15. The van der Waals surface area contributed by atoms with E-state index in [1.165, 1.54) is 14.2 Å². The molecule has 3 aromatic rings. The smallest absolute Gasteiger partial charge is 0.402 e. The fourth-order valence-electron chi connectivity index (χ4n) is 3.06. The van der Waals surface area contributed by atoms with Crippen LogP contribution >= 0.6 is 0 Å². The van der Waals surface area contributed by atoms with Crippen LogP contribution in [-0.4, -0.2) is 24.2 Å². The lowest BCUT2D eigenvalue weighted by molar-refractivity contribution is -0.622. The maximum absolute atomic E-state index is 12.8. The minimum Gasteiger partial charge on any atom is -0.616 e. The van der Waals surface area contributed by atoms with Crippen molar-refractivity contribution in [3.8, 4) is 11.8 Å². The number of para-hydroxylation sites is 1. The molecule has 0 atom stereocenters. The topological polar surface area (TPSA) is 74.1 Å². The molecule has 0 saturated carbocycles. The number of aromatic amines is 1. The van der Waals surface area contributed by atoms with Crippen LogP contribution in [0.15, 0.2) is 30.5 Å². The summed E-state index contributed by atoms with van der Waals surface area (Å²) >= 11 is 0. The highest BCUT2D eigenvalue weighted by Gasteiger charge is 2.27. The predicted octanol–water partition coefficient (Wildman–Crippen LogP) is 3.00. The second-order valence-corrected chi connectivity index (χ2v) is 6.45. The fourth-order valence-corrected chi connectivity index (χ4v) is 3.06. The van der Waals surface area contributed by atoms with Crippen molar-refractivity contribution in [2.24, 2.45) is 5.92 Å². The molecule has 3 rings (SSSR count). The summed E-state index contributed by atoms with van der Waals surface area (Å²) in [5, 5.41) is 13.9. The molecule has 0 unspecified atom stereocenters. The van der Waals surface area contributed by atoms with Gasteiger partial charge in [0.25, 0.3) is 11.6 Å². The van der Waals surface area contributed by atoms with E-state index in [4.69, 9.17) is 9.47 Å². The molecular formula is C19H23N3O3. The summed E-state index contributed by atoms with van der Waals surface area (Å²) in [5.41, 5.74) is 3.17. The summed E-state index contributed by atoms with van der Waals surface area (Å²) < 4.78 is 11.6. The summed E-state index contributed by atoms with van der Waals surface area (Å²) in [7, 11) is 3.03. The van der Waals surface area contributed by atoms with Crippen molar-refractivity contribution in [1.29, 1.82) is 0 Å². The van der Waals surface area contributed by atoms with Crippen LogP contribution in [0.3, 0.4) is 0 Å². The molecule has 2 aromatic heterocycles. The molecule has 132 valence electrons. The first-order chi connectivity index (χ1) is 12.0. The van der Waals surface area contributed by atoms with Crippen LogP contribution in [0.4, 0.5) is 0 Å². The van der Waals surface area contributed by atoms with Crippen molar-refractivity contribution < 1.29 is 14.2 Å². The third kappa shape index (κ3) is 3.24. The van der Waals surface area contributed by atoms with Crippen molar-refractivity contribution in [1.82, 2.24) is 9.97 Å². The second-order valence-electron chi connectivity index (χ2n) is 6.45. The van der Waals surface area contributed by atoms with E-state index in [2.05, 4.69) is 9.97 Å². The zero-order valence-corrected chi connectivity index (χ0v) is 15.0. The minimum absolute atomic E-state index is 0.224. The number of nitrogens with zero attached hydrogens (tertiary/aromatic N) is 2. The zero-order valence-electron chi connectivity index (χ0n) is 15.0. The molecule has 0 aliphatic heterocycles. The number of aromatic nitrogens is 3. The maximum Gasteiger partial charge on any atom is 0.402 e. The summed E-state index contributed by atoms with van der Waals surface area (Å²) in [6.07, 6.45) is 2.99. The van der Waals surface area contributed by atoms with Gasteiger partial charge in [-0.25, -0.2) is 4.98 Å². The van der Waals surface area contributed by atoms with Gasteiger partial charge in [-0.1, -0.05) is 32.0 Å². The third-order valence-electron chi connectivity index (χ3n) is 4.18. The van der Waals surface area contributed by atoms with E-state index in [0.717, 1.165) is 21.2 Å². The molecule has 0 aliphatic rings. The van der Waals surface area contributed by atoms with Gasteiger partial charge in [0, 0.05) is 29.9 Å². The first-order valence-corrected chi connectivity index (χ1v) is 8.33. The Balaban J connectivity index is 2.07. The number of fused-ring (bicyclic) bond motifs is 1. The van der Waals surface area contributed by atoms with E-state index in [1.807, 2.05) is 44.3 Å². The molecule has 25 heavy (non-hydrogen) atoms. The van der Waals surface area contributed by atoms with E-state index in [1.54, 1.807) is 0 Å².